The van der Waals surface area contributed by atoms with Crippen LogP contribution >= 0.6 is 0 Å². The summed E-state index contributed by atoms with van der Waals surface area (Å²) in [7, 11) is -2.08. The second-order valence-corrected chi connectivity index (χ2v) is 5.70. The molecule has 1 heterocycles. The van der Waals surface area contributed by atoms with Gasteiger partial charge >= 0.3 is 19.3 Å². The molecule has 0 saturated carbocycles. The third-order valence-electron chi connectivity index (χ3n) is 3.44. The fourth-order valence-corrected chi connectivity index (χ4v) is 2.05. The van der Waals surface area contributed by atoms with E-state index in [-0.39, 0.29) is 11.4 Å². The van der Waals surface area contributed by atoms with Crippen molar-refractivity contribution in [3.63, 3.8) is 0 Å². The maximum Gasteiger partial charge on any atom is 0.466 e. The third kappa shape index (κ3) is 4.02. The SMILES string of the molecule is CC(C)(CN1CCN(CB(O)O)C(F)(F)C1F)C(F)(F)F. The van der Waals surface area contributed by atoms with Gasteiger partial charge in [-0.05, 0) is 13.8 Å². The Labute approximate surface area is 118 Å². The standard InChI is InChI=1S/C10H17BF6N2O2/c1-8(2,10(15,16)17)5-18-3-4-19(6-11(20)21)9(13,14)7(18)12/h7,20-21H,3-6H2,1-2H3. The summed E-state index contributed by atoms with van der Waals surface area (Å²) in [6.45, 7) is -0.145. The van der Waals surface area contributed by atoms with Gasteiger partial charge in [-0.25, -0.2) is 9.29 Å². The molecule has 1 atom stereocenters. The molecule has 1 unspecified atom stereocenters. The van der Waals surface area contributed by atoms with Crippen LogP contribution in [0.4, 0.5) is 26.3 Å². The van der Waals surface area contributed by atoms with Crippen LogP contribution in [0, 0.1) is 5.41 Å². The van der Waals surface area contributed by atoms with E-state index in [1.54, 1.807) is 0 Å². The molecule has 0 aromatic heterocycles. The molecule has 1 aliphatic heterocycles. The van der Waals surface area contributed by atoms with Crippen molar-refractivity contribution in [2.45, 2.75) is 32.4 Å². The summed E-state index contributed by atoms with van der Waals surface area (Å²) in [6.07, 6.45) is -8.49. The van der Waals surface area contributed by atoms with Crippen molar-refractivity contribution in [1.82, 2.24) is 9.80 Å². The summed E-state index contributed by atoms with van der Waals surface area (Å²) in [5.41, 5.74) is -2.34. The normalized spacial score (nSPS) is 25.1. The van der Waals surface area contributed by atoms with Crippen LogP contribution in [0.25, 0.3) is 0 Å². The van der Waals surface area contributed by atoms with Crippen molar-refractivity contribution in [2.75, 3.05) is 26.1 Å². The fourth-order valence-electron chi connectivity index (χ4n) is 2.05. The smallest absolute Gasteiger partial charge is 0.426 e. The van der Waals surface area contributed by atoms with Crippen LogP contribution in [-0.4, -0.2) is 71.6 Å². The summed E-state index contributed by atoms with van der Waals surface area (Å²) < 4.78 is 79.6. The van der Waals surface area contributed by atoms with Crippen LogP contribution in [0.1, 0.15) is 13.8 Å². The fraction of sp³-hybridized carbons (Fsp3) is 1.00. The number of hydrogen-bond acceptors (Lipinski definition) is 4. The van der Waals surface area contributed by atoms with Gasteiger partial charge in [0.2, 0.25) is 6.30 Å². The van der Waals surface area contributed by atoms with Crippen molar-refractivity contribution >= 4 is 7.12 Å². The van der Waals surface area contributed by atoms with Gasteiger partial charge in [0.1, 0.15) is 0 Å². The number of halogens is 6. The highest BCUT2D eigenvalue weighted by Gasteiger charge is 2.56. The van der Waals surface area contributed by atoms with Gasteiger partial charge in [-0.15, -0.1) is 0 Å². The second-order valence-electron chi connectivity index (χ2n) is 5.70. The quantitative estimate of drug-likeness (QED) is 0.462. The lowest BCUT2D eigenvalue weighted by Gasteiger charge is -2.45. The van der Waals surface area contributed by atoms with E-state index in [2.05, 4.69) is 0 Å². The van der Waals surface area contributed by atoms with Crippen LogP contribution < -0.4 is 0 Å². The van der Waals surface area contributed by atoms with Crippen molar-refractivity contribution in [2.24, 2.45) is 5.41 Å². The predicted molar refractivity (Wildman–Crippen MR) is 63.0 cm³/mol. The van der Waals surface area contributed by atoms with Gasteiger partial charge in [0.15, 0.2) is 0 Å². The van der Waals surface area contributed by atoms with Gasteiger partial charge in [0.05, 0.1) is 5.41 Å². The molecule has 1 rings (SSSR count). The zero-order chi connectivity index (χ0) is 16.6. The van der Waals surface area contributed by atoms with E-state index in [1.165, 1.54) is 0 Å². The minimum Gasteiger partial charge on any atom is -0.426 e. The first-order valence-electron chi connectivity index (χ1n) is 6.23. The minimum absolute atomic E-state index is 0.208. The molecule has 0 aromatic rings. The lowest BCUT2D eigenvalue weighted by Crippen LogP contribution is -2.65. The van der Waals surface area contributed by atoms with E-state index < -0.39 is 50.6 Å². The molecular weight excluding hydrogens is 305 g/mol. The maximum absolute atomic E-state index is 13.8. The molecule has 1 fully saturated rings. The number of piperazine rings is 1. The number of hydrogen-bond donors (Lipinski definition) is 2. The average molecular weight is 322 g/mol. The average Bonchev–Trinajstić information content (AvgIpc) is 2.27. The zero-order valence-corrected chi connectivity index (χ0v) is 11.5. The van der Waals surface area contributed by atoms with Gasteiger partial charge in [-0.2, -0.15) is 22.0 Å². The van der Waals surface area contributed by atoms with Gasteiger partial charge in [0.25, 0.3) is 0 Å². The lowest BCUT2D eigenvalue weighted by molar-refractivity contribution is -0.270. The van der Waals surface area contributed by atoms with Crippen LogP contribution in [-0.2, 0) is 0 Å². The Bertz CT molecular complexity index is 366. The Balaban J connectivity index is 2.82. The van der Waals surface area contributed by atoms with E-state index in [1.807, 2.05) is 0 Å². The summed E-state index contributed by atoms with van der Waals surface area (Å²) >= 11 is 0. The van der Waals surface area contributed by atoms with Crippen LogP contribution in [0.15, 0.2) is 0 Å². The number of nitrogens with zero attached hydrogens (tertiary/aromatic N) is 2. The summed E-state index contributed by atoms with van der Waals surface area (Å²) in [6, 6.07) is -4.09. The van der Waals surface area contributed by atoms with Crippen molar-refractivity contribution in [1.29, 1.82) is 0 Å². The monoisotopic (exact) mass is 322 g/mol. The highest BCUT2D eigenvalue weighted by molar-refractivity contribution is 6.41. The second kappa shape index (κ2) is 5.94. The van der Waals surface area contributed by atoms with Crippen molar-refractivity contribution < 1.29 is 36.4 Å². The third-order valence-corrected chi connectivity index (χ3v) is 3.44. The largest absolute Gasteiger partial charge is 0.466 e. The Morgan fingerprint density at radius 1 is 1.19 bits per heavy atom. The molecule has 0 aliphatic carbocycles. The molecule has 4 nitrogen and oxygen atoms in total. The number of rotatable bonds is 4. The molecule has 0 radical (unpaired) electrons. The topological polar surface area (TPSA) is 46.9 Å². The van der Waals surface area contributed by atoms with Gasteiger partial charge in [0, 0.05) is 26.1 Å². The molecule has 1 aliphatic rings. The maximum atomic E-state index is 13.8. The first-order valence-corrected chi connectivity index (χ1v) is 6.23. The van der Waals surface area contributed by atoms with Crippen LogP contribution in [0.3, 0.4) is 0 Å². The van der Waals surface area contributed by atoms with Gasteiger partial charge in [-0.1, -0.05) is 0 Å². The Morgan fingerprint density at radius 3 is 2.14 bits per heavy atom. The molecule has 11 heteroatoms. The summed E-state index contributed by atoms with van der Waals surface area (Å²) in [4.78, 5) is 0.632. The molecule has 124 valence electrons. The molecule has 0 aromatic carbocycles. The first-order chi connectivity index (χ1) is 9.29. The van der Waals surface area contributed by atoms with E-state index in [9.17, 15) is 26.3 Å². The highest BCUT2D eigenvalue weighted by Crippen LogP contribution is 2.41. The van der Waals surface area contributed by atoms with Crippen LogP contribution in [0.2, 0.25) is 0 Å². The zero-order valence-electron chi connectivity index (χ0n) is 11.5. The molecule has 0 amide bonds. The molecule has 21 heavy (non-hydrogen) atoms. The van der Waals surface area contributed by atoms with Crippen molar-refractivity contribution in [3.05, 3.63) is 0 Å². The minimum atomic E-state index is -4.65. The van der Waals surface area contributed by atoms with Crippen LogP contribution in [0.5, 0.6) is 0 Å². The lowest BCUT2D eigenvalue weighted by atomic mass is 9.89. The van der Waals surface area contributed by atoms with E-state index in [4.69, 9.17) is 10.0 Å². The molecular formula is C10H17BF6N2O2. The van der Waals surface area contributed by atoms with E-state index in [0.717, 1.165) is 13.8 Å². The van der Waals surface area contributed by atoms with E-state index in [0.29, 0.717) is 4.90 Å². The predicted octanol–water partition coefficient (Wildman–Crippen LogP) is 1.09. The summed E-state index contributed by atoms with van der Waals surface area (Å²) in [5.74, 6) is 0. The highest BCUT2D eigenvalue weighted by atomic mass is 19.4. The first kappa shape index (κ1) is 18.5. The molecule has 0 spiro atoms. The molecule has 0 bridgehead atoms. The molecule has 2 N–H and O–H groups in total. The Morgan fingerprint density at radius 2 is 1.71 bits per heavy atom. The summed E-state index contributed by atoms with van der Waals surface area (Å²) in [5, 5.41) is 17.4. The van der Waals surface area contributed by atoms with Gasteiger partial charge in [-0.3, -0.25) is 4.90 Å². The Kier molecular flexibility index (Phi) is 5.24. The number of alkyl halides is 6. The van der Waals surface area contributed by atoms with Gasteiger partial charge < -0.3 is 10.0 Å². The van der Waals surface area contributed by atoms with Crippen molar-refractivity contribution in [3.8, 4) is 0 Å². The van der Waals surface area contributed by atoms with E-state index >= 15 is 0 Å². The Hall–Kier alpha value is -0.515. The molecule has 1 saturated heterocycles.